The van der Waals surface area contributed by atoms with E-state index in [-0.39, 0.29) is 0 Å². The second kappa shape index (κ2) is 6.44. The Balaban J connectivity index is 1.88. The van der Waals surface area contributed by atoms with Crippen LogP contribution in [-0.2, 0) is 0 Å². The summed E-state index contributed by atoms with van der Waals surface area (Å²) in [6.45, 7) is 7.00. The molecule has 2 nitrogen and oxygen atoms in total. The zero-order valence-electron chi connectivity index (χ0n) is 11.3. The lowest BCUT2D eigenvalue weighted by Crippen LogP contribution is -2.32. The molecule has 0 bridgehead atoms. The standard InChI is InChI=1S/C15H23ClN2/c1-12(2)18-10-3-4-14(9-11-18)17-15-7-5-13(16)6-8-15/h5-8,12,14,17H,3-4,9-11H2,1-2H3. The molecule has 0 aliphatic carbocycles. The normalized spacial score (nSPS) is 21.9. The molecule has 0 spiro atoms. The minimum absolute atomic E-state index is 0.593. The molecule has 1 N–H and O–H groups in total. The van der Waals surface area contributed by atoms with Crippen LogP contribution in [0.1, 0.15) is 33.1 Å². The van der Waals surface area contributed by atoms with Crippen molar-refractivity contribution in [2.75, 3.05) is 18.4 Å². The molecule has 2 rings (SSSR count). The Labute approximate surface area is 115 Å². The fourth-order valence-corrected chi connectivity index (χ4v) is 2.69. The van der Waals surface area contributed by atoms with Gasteiger partial charge in [0, 0.05) is 29.3 Å². The third-order valence-electron chi connectivity index (χ3n) is 3.71. The number of anilines is 1. The monoisotopic (exact) mass is 266 g/mol. The molecule has 1 aromatic rings. The molecule has 0 radical (unpaired) electrons. The van der Waals surface area contributed by atoms with Gasteiger partial charge in [0.15, 0.2) is 0 Å². The lowest BCUT2D eigenvalue weighted by Gasteiger charge is -2.24. The Hall–Kier alpha value is -0.730. The first kappa shape index (κ1) is 13.7. The number of nitrogens with zero attached hydrogens (tertiary/aromatic N) is 1. The summed E-state index contributed by atoms with van der Waals surface area (Å²) in [6.07, 6.45) is 3.76. The summed E-state index contributed by atoms with van der Waals surface area (Å²) >= 11 is 5.90. The smallest absolute Gasteiger partial charge is 0.0407 e. The minimum Gasteiger partial charge on any atom is -0.382 e. The molecule has 100 valence electrons. The molecule has 3 heteroatoms. The van der Waals surface area contributed by atoms with E-state index in [1.54, 1.807) is 0 Å². The van der Waals surface area contributed by atoms with E-state index in [9.17, 15) is 0 Å². The molecular formula is C15H23ClN2. The van der Waals surface area contributed by atoms with Gasteiger partial charge in [0.2, 0.25) is 0 Å². The van der Waals surface area contributed by atoms with Gasteiger partial charge in [0.25, 0.3) is 0 Å². The Morgan fingerprint density at radius 1 is 1.17 bits per heavy atom. The molecule has 1 aliphatic heterocycles. The van der Waals surface area contributed by atoms with Gasteiger partial charge in [-0.15, -0.1) is 0 Å². The number of halogens is 1. The van der Waals surface area contributed by atoms with E-state index in [1.165, 1.54) is 38.0 Å². The molecule has 18 heavy (non-hydrogen) atoms. The fourth-order valence-electron chi connectivity index (χ4n) is 2.56. The lowest BCUT2D eigenvalue weighted by molar-refractivity contribution is 0.230. The lowest BCUT2D eigenvalue weighted by atomic mass is 10.1. The van der Waals surface area contributed by atoms with Crippen LogP contribution in [0.3, 0.4) is 0 Å². The average molecular weight is 267 g/mol. The highest BCUT2D eigenvalue weighted by Crippen LogP contribution is 2.19. The van der Waals surface area contributed by atoms with E-state index in [1.807, 2.05) is 12.1 Å². The third kappa shape index (κ3) is 3.89. The van der Waals surface area contributed by atoms with Gasteiger partial charge in [0.1, 0.15) is 0 Å². The van der Waals surface area contributed by atoms with Gasteiger partial charge in [0.05, 0.1) is 0 Å². The van der Waals surface area contributed by atoms with Crippen LogP contribution in [0.2, 0.25) is 5.02 Å². The van der Waals surface area contributed by atoms with E-state index < -0.39 is 0 Å². The maximum absolute atomic E-state index is 5.90. The van der Waals surface area contributed by atoms with E-state index in [0.29, 0.717) is 12.1 Å². The molecule has 1 fully saturated rings. The fraction of sp³-hybridized carbons (Fsp3) is 0.600. The Kier molecular flexibility index (Phi) is 4.90. The van der Waals surface area contributed by atoms with Gasteiger partial charge in [-0.1, -0.05) is 11.6 Å². The number of rotatable bonds is 3. The van der Waals surface area contributed by atoms with Crippen LogP contribution in [-0.4, -0.2) is 30.1 Å². The molecule has 1 unspecified atom stereocenters. The first-order chi connectivity index (χ1) is 8.65. The van der Waals surface area contributed by atoms with Crippen LogP contribution < -0.4 is 5.32 Å². The highest BCUT2D eigenvalue weighted by atomic mass is 35.5. The van der Waals surface area contributed by atoms with Crippen molar-refractivity contribution in [3.63, 3.8) is 0 Å². The van der Waals surface area contributed by atoms with Crippen molar-refractivity contribution in [2.24, 2.45) is 0 Å². The zero-order chi connectivity index (χ0) is 13.0. The third-order valence-corrected chi connectivity index (χ3v) is 3.96. The molecule has 1 saturated heterocycles. The number of benzene rings is 1. The predicted octanol–water partition coefficient (Wildman–Crippen LogP) is 4.01. The Bertz CT molecular complexity index is 361. The van der Waals surface area contributed by atoms with Crippen LogP contribution in [0.25, 0.3) is 0 Å². The summed E-state index contributed by atoms with van der Waals surface area (Å²) < 4.78 is 0. The second-order valence-electron chi connectivity index (χ2n) is 5.41. The van der Waals surface area contributed by atoms with E-state index in [4.69, 9.17) is 11.6 Å². The summed E-state index contributed by atoms with van der Waals surface area (Å²) in [5.41, 5.74) is 1.18. The van der Waals surface area contributed by atoms with Crippen LogP contribution >= 0.6 is 11.6 Å². The van der Waals surface area contributed by atoms with E-state index in [2.05, 4.69) is 36.2 Å². The molecule has 0 amide bonds. The summed E-state index contributed by atoms with van der Waals surface area (Å²) in [5.74, 6) is 0. The summed E-state index contributed by atoms with van der Waals surface area (Å²) in [4.78, 5) is 2.57. The van der Waals surface area contributed by atoms with Crippen molar-refractivity contribution in [2.45, 2.75) is 45.2 Å². The molecule has 0 saturated carbocycles. The SMILES string of the molecule is CC(C)N1CCCC(Nc2ccc(Cl)cc2)CC1. The van der Waals surface area contributed by atoms with Crippen LogP contribution in [0.5, 0.6) is 0 Å². The van der Waals surface area contributed by atoms with Gasteiger partial charge in [-0.3, -0.25) is 0 Å². The van der Waals surface area contributed by atoms with Crippen molar-refractivity contribution in [1.82, 2.24) is 4.90 Å². The topological polar surface area (TPSA) is 15.3 Å². The van der Waals surface area contributed by atoms with Crippen molar-refractivity contribution >= 4 is 17.3 Å². The quantitative estimate of drug-likeness (QED) is 0.889. The Morgan fingerprint density at radius 3 is 2.56 bits per heavy atom. The van der Waals surface area contributed by atoms with Gasteiger partial charge >= 0.3 is 0 Å². The molecule has 1 heterocycles. The van der Waals surface area contributed by atoms with Crippen molar-refractivity contribution in [1.29, 1.82) is 0 Å². The predicted molar refractivity (Wildman–Crippen MR) is 79.4 cm³/mol. The van der Waals surface area contributed by atoms with Gasteiger partial charge < -0.3 is 10.2 Å². The molecule has 1 atom stereocenters. The molecule has 1 aliphatic rings. The van der Waals surface area contributed by atoms with Crippen molar-refractivity contribution < 1.29 is 0 Å². The van der Waals surface area contributed by atoms with Gasteiger partial charge in [-0.25, -0.2) is 0 Å². The van der Waals surface area contributed by atoms with Gasteiger partial charge in [-0.2, -0.15) is 0 Å². The maximum Gasteiger partial charge on any atom is 0.0407 e. The van der Waals surface area contributed by atoms with Gasteiger partial charge in [-0.05, 0) is 63.9 Å². The molecule has 1 aromatic carbocycles. The highest BCUT2D eigenvalue weighted by Gasteiger charge is 2.18. The molecule has 0 aromatic heterocycles. The van der Waals surface area contributed by atoms with E-state index in [0.717, 1.165) is 5.02 Å². The van der Waals surface area contributed by atoms with E-state index >= 15 is 0 Å². The number of nitrogens with one attached hydrogen (secondary N) is 1. The zero-order valence-corrected chi connectivity index (χ0v) is 12.1. The summed E-state index contributed by atoms with van der Waals surface area (Å²) in [7, 11) is 0. The first-order valence-electron chi connectivity index (χ1n) is 6.91. The largest absolute Gasteiger partial charge is 0.382 e. The molecular weight excluding hydrogens is 244 g/mol. The second-order valence-corrected chi connectivity index (χ2v) is 5.85. The summed E-state index contributed by atoms with van der Waals surface area (Å²) in [6, 6.07) is 9.28. The summed E-state index contributed by atoms with van der Waals surface area (Å²) in [5, 5.41) is 4.42. The maximum atomic E-state index is 5.90. The first-order valence-corrected chi connectivity index (χ1v) is 7.29. The Morgan fingerprint density at radius 2 is 1.89 bits per heavy atom. The van der Waals surface area contributed by atoms with Crippen LogP contribution in [0.15, 0.2) is 24.3 Å². The van der Waals surface area contributed by atoms with Crippen LogP contribution in [0.4, 0.5) is 5.69 Å². The highest BCUT2D eigenvalue weighted by molar-refractivity contribution is 6.30. The number of likely N-dealkylation sites (tertiary alicyclic amines) is 1. The number of hydrogen-bond donors (Lipinski definition) is 1. The van der Waals surface area contributed by atoms with Crippen molar-refractivity contribution in [3.8, 4) is 0 Å². The van der Waals surface area contributed by atoms with Crippen LogP contribution in [0, 0.1) is 0 Å². The van der Waals surface area contributed by atoms with Crippen molar-refractivity contribution in [3.05, 3.63) is 29.3 Å². The number of hydrogen-bond acceptors (Lipinski definition) is 2. The average Bonchev–Trinajstić information content (AvgIpc) is 2.58. The minimum atomic E-state index is 0.593.